The molecule has 0 aliphatic rings. The van der Waals surface area contributed by atoms with Crippen molar-refractivity contribution in [2.75, 3.05) is 0 Å². The summed E-state index contributed by atoms with van der Waals surface area (Å²) < 4.78 is 0. The lowest BCUT2D eigenvalue weighted by molar-refractivity contribution is -0.121. The van der Waals surface area contributed by atoms with Crippen LogP contribution in [0.25, 0.3) is 0 Å². The fourth-order valence-electron chi connectivity index (χ4n) is 0.871. The minimum absolute atomic E-state index is 0.0263. The number of rotatable bonds is 6. The average Bonchev–Trinajstić information content (AvgIpc) is 2.14. The van der Waals surface area contributed by atoms with Gasteiger partial charge in [0.25, 0.3) is 0 Å². The average molecular weight is 198 g/mol. The molecule has 0 heterocycles. The van der Waals surface area contributed by atoms with E-state index in [0.29, 0.717) is 12.3 Å². The fourth-order valence-corrected chi connectivity index (χ4v) is 0.871. The smallest absolute Gasteiger partial charge is 0.240 e. The number of unbranched alkanes of at least 4 members (excludes halogenated alkanes) is 2. The summed E-state index contributed by atoms with van der Waals surface area (Å²) in [5, 5.41) is 4.02. The number of carbonyl (C=O) groups is 1. The molecule has 82 valence electrons. The Morgan fingerprint density at radius 2 is 2.00 bits per heavy atom. The van der Waals surface area contributed by atoms with Crippen LogP contribution in [0.15, 0.2) is 5.10 Å². The van der Waals surface area contributed by atoms with Gasteiger partial charge in [-0.3, -0.25) is 4.79 Å². The van der Waals surface area contributed by atoms with Crippen molar-refractivity contribution in [1.29, 1.82) is 0 Å². The molecular formula is C11H22N2O. The third-order valence-corrected chi connectivity index (χ3v) is 2.20. The summed E-state index contributed by atoms with van der Waals surface area (Å²) in [7, 11) is 0. The SMILES string of the molecule is CCCCCC(=O)NN=C(C)C(C)C. The van der Waals surface area contributed by atoms with Crippen molar-refractivity contribution in [2.45, 2.75) is 53.4 Å². The standard InChI is InChI=1S/C11H22N2O/c1-5-6-7-8-11(14)13-12-10(4)9(2)3/h9H,5-8H2,1-4H3,(H,13,14). The fraction of sp³-hybridized carbons (Fsp3) is 0.818. The molecule has 1 amide bonds. The molecule has 0 spiro atoms. The van der Waals surface area contributed by atoms with Gasteiger partial charge in [0.2, 0.25) is 5.91 Å². The van der Waals surface area contributed by atoms with Crippen LogP contribution in [0.4, 0.5) is 0 Å². The summed E-state index contributed by atoms with van der Waals surface area (Å²) in [5.74, 6) is 0.421. The molecule has 14 heavy (non-hydrogen) atoms. The molecule has 0 saturated heterocycles. The molecule has 0 aliphatic carbocycles. The van der Waals surface area contributed by atoms with Crippen molar-refractivity contribution < 1.29 is 4.79 Å². The van der Waals surface area contributed by atoms with Gasteiger partial charge in [-0.2, -0.15) is 5.10 Å². The van der Waals surface area contributed by atoms with Crippen molar-refractivity contribution in [3.8, 4) is 0 Å². The first-order valence-electron chi connectivity index (χ1n) is 5.41. The van der Waals surface area contributed by atoms with Crippen LogP contribution in [0, 0.1) is 5.92 Å². The highest BCUT2D eigenvalue weighted by Crippen LogP contribution is 1.99. The van der Waals surface area contributed by atoms with Crippen molar-refractivity contribution in [2.24, 2.45) is 11.0 Å². The number of carbonyl (C=O) groups excluding carboxylic acids is 1. The van der Waals surface area contributed by atoms with E-state index >= 15 is 0 Å². The van der Waals surface area contributed by atoms with Gasteiger partial charge in [-0.15, -0.1) is 0 Å². The Morgan fingerprint density at radius 1 is 1.36 bits per heavy atom. The Balaban J connectivity index is 3.68. The Kier molecular flexibility index (Phi) is 7.07. The summed E-state index contributed by atoms with van der Waals surface area (Å²) in [4.78, 5) is 11.2. The molecule has 0 fully saturated rings. The topological polar surface area (TPSA) is 41.5 Å². The van der Waals surface area contributed by atoms with Crippen LogP contribution in [0.1, 0.15) is 53.4 Å². The largest absolute Gasteiger partial charge is 0.273 e. The monoisotopic (exact) mass is 198 g/mol. The maximum atomic E-state index is 11.2. The molecule has 1 N–H and O–H groups in total. The van der Waals surface area contributed by atoms with E-state index in [1.807, 2.05) is 6.92 Å². The molecule has 0 radical (unpaired) electrons. The van der Waals surface area contributed by atoms with Gasteiger partial charge >= 0.3 is 0 Å². The van der Waals surface area contributed by atoms with E-state index in [2.05, 4.69) is 31.3 Å². The zero-order valence-electron chi connectivity index (χ0n) is 9.76. The maximum absolute atomic E-state index is 11.2. The molecule has 0 aromatic carbocycles. The van der Waals surface area contributed by atoms with Crippen molar-refractivity contribution in [1.82, 2.24) is 5.43 Å². The minimum Gasteiger partial charge on any atom is -0.273 e. The summed E-state index contributed by atoms with van der Waals surface area (Å²) >= 11 is 0. The summed E-state index contributed by atoms with van der Waals surface area (Å²) in [6, 6.07) is 0. The lowest BCUT2D eigenvalue weighted by Crippen LogP contribution is -2.19. The molecule has 0 rings (SSSR count). The Hall–Kier alpha value is -0.860. The van der Waals surface area contributed by atoms with Gasteiger partial charge in [0.15, 0.2) is 0 Å². The molecule has 0 saturated carbocycles. The second-order valence-electron chi connectivity index (χ2n) is 3.90. The lowest BCUT2D eigenvalue weighted by Gasteiger charge is -2.04. The van der Waals surface area contributed by atoms with E-state index in [0.717, 1.165) is 25.0 Å². The number of hydrogen-bond acceptors (Lipinski definition) is 2. The Labute approximate surface area is 87.0 Å². The zero-order valence-corrected chi connectivity index (χ0v) is 9.76. The quantitative estimate of drug-likeness (QED) is 0.398. The molecule has 0 bridgehead atoms. The van der Waals surface area contributed by atoms with Crippen LogP contribution in [0.2, 0.25) is 0 Å². The first-order chi connectivity index (χ1) is 6.57. The minimum atomic E-state index is 0.0263. The molecule has 0 aliphatic heterocycles. The number of nitrogens with one attached hydrogen (secondary N) is 1. The zero-order chi connectivity index (χ0) is 11.0. The van der Waals surface area contributed by atoms with E-state index in [-0.39, 0.29) is 5.91 Å². The van der Waals surface area contributed by atoms with E-state index < -0.39 is 0 Å². The third kappa shape index (κ3) is 6.63. The van der Waals surface area contributed by atoms with Crippen LogP contribution in [0.5, 0.6) is 0 Å². The lowest BCUT2D eigenvalue weighted by atomic mass is 10.1. The van der Waals surface area contributed by atoms with Crippen LogP contribution >= 0.6 is 0 Å². The van der Waals surface area contributed by atoms with E-state index in [9.17, 15) is 4.79 Å². The third-order valence-electron chi connectivity index (χ3n) is 2.20. The van der Waals surface area contributed by atoms with E-state index in [1.54, 1.807) is 0 Å². The molecule has 3 heteroatoms. The van der Waals surface area contributed by atoms with Gasteiger partial charge in [-0.25, -0.2) is 5.43 Å². The predicted molar refractivity (Wildman–Crippen MR) is 60.2 cm³/mol. The number of amides is 1. The van der Waals surface area contributed by atoms with Crippen molar-refractivity contribution in [3.05, 3.63) is 0 Å². The van der Waals surface area contributed by atoms with Gasteiger partial charge < -0.3 is 0 Å². The molecule has 0 aromatic rings. The van der Waals surface area contributed by atoms with Crippen LogP contribution in [0.3, 0.4) is 0 Å². The maximum Gasteiger partial charge on any atom is 0.240 e. The predicted octanol–water partition coefficient (Wildman–Crippen LogP) is 2.71. The number of hydrogen-bond donors (Lipinski definition) is 1. The van der Waals surface area contributed by atoms with Crippen LogP contribution in [-0.2, 0) is 4.79 Å². The van der Waals surface area contributed by atoms with Gasteiger partial charge in [0.1, 0.15) is 0 Å². The van der Waals surface area contributed by atoms with E-state index in [1.165, 1.54) is 0 Å². The number of nitrogens with zero attached hydrogens (tertiary/aromatic N) is 1. The normalized spacial score (nSPS) is 11.9. The van der Waals surface area contributed by atoms with Gasteiger partial charge in [-0.1, -0.05) is 33.6 Å². The van der Waals surface area contributed by atoms with Gasteiger partial charge in [0, 0.05) is 12.1 Å². The summed E-state index contributed by atoms with van der Waals surface area (Å²) in [6.45, 7) is 8.17. The molecule has 0 atom stereocenters. The Morgan fingerprint density at radius 3 is 2.50 bits per heavy atom. The number of hydrazone groups is 1. The molecular weight excluding hydrogens is 176 g/mol. The van der Waals surface area contributed by atoms with Gasteiger partial charge in [0.05, 0.1) is 0 Å². The molecule has 0 unspecified atom stereocenters. The first-order valence-corrected chi connectivity index (χ1v) is 5.41. The van der Waals surface area contributed by atoms with Crippen LogP contribution < -0.4 is 5.43 Å². The molecule has 3 nitrogen and oxygen atoms in total. The molecule has 0 aromatic heterocycles. The second-order valence-corrected chi connectivity index (χ2v) is 3.90. The summed E-state index contributed by atoms with van der Waals surface area (Å²) in [5.41, 5.74) is 3.54. The van der Waals surface area contributed by atoms with Crippen molar-refractivity contribution in [3.63, 3.8) is 0 Å². The highest BCUT2D eigenvalue weighted by atomic mass is 16.2. The van der Waals surface area contributed by atoms with Crippen LogP contribution in [-0.4, -0.2) is 11.6 Å². The van der Waals surface area contributed by atoms with E-state index in [4.69, 9.17) is 0 Å². The summed E-state index contributed by atoms with van der Waals surface area (Å²) in [6.07, 6.45) is 3.79. The second kappa shape index (κ2) is 7.54. The first kappa shape index (κ1) is 13.1. The highest BCUT2D eigenvalue weighted by Gasteiger charge is 2.01. The van der Waals surface area contributed by atoms with Gasteiger partial charge in [-0.05, 0) is 19.3 Å². The highest BCUT2D eigenvalue weighted by molar-refractivity contribution is 5.85. The van der Waals surface area contributed by atoms with Crippen molar-refractivity contribution >= 4 is 11.6 Å². The Bertz CT molecular complexity index is 197.